The molecule has 0 spiro atoms. The molecule has 0 bridgehead atoms. The topological polar surface area (TPSA) is 0 Å². The first-order valence-corrected chi connectivity index (χ1v) is 17.3. The van der Waals surface area contributed by atoms with Gasteiger partial charge in [0.1, 0.15) is 0 Å². The van der Waals surface area contributed by atoms with Crippen LogP contribution in [-0.4, -0.2) is 24.2 Å². The molecule has 20 heavy (non-hydrogen) atoms. The molecule has 0 saturated heterocycles. The minimum atomic E-state index is -1.27. The average Bonchev–Trinajstić information content (AvgIpc) is 2.14. The summed E-state index contributed by atoms with van der Waals surface area (Å²) in [6.45, 7) is 30.8. The van der Waals surface area contributed by atoms with Gasteiger partial charge < -0.3 is 4.79 Å². The van der Waals surface area contributed by atoms with Gasteiger partial charge in [-0.3, -0.25) is 0 Å². The average molecular weight is 323 g/mol. The predicted molar refractivity (Wildman–Crippen MR) is 101 cm³/mol. The molecule has 0 aromatic carbocycles. The van der Waals surface area contributed by atoms with Gasteiger partial charge in [0.05, 0.1) is 0 Å². The van der Waals surface area contributed by atoms with Gasteiger partial charge in [0, 0.05) is 0 Å². The van der Waals surface area contributed by atoms with Crippen LogP contribution in [0.15, 0.2) is 0 Å². The summed E-state index contributed by atoms with van der Waals surface area (Å²) in [6, 6.07) is 0. The maximum Gasteiger partial charge on any atom is 1.00 e. The van der Waals surface area contributed by atoms with E-state index in [1.54, 1.807) is 0 Å². The molecule has 116 valence electrons. The van der Waals surface area contributed by atoms with Crippen molar-refractivity contribution in [3.8, 4) is 0 Å². The molecule has 0 aliphatic rings. The molecule has 0 aromatic heterocycles. The summed E-state index contributed by atoms with van der Waals surface area (Å²) in [5.41, 5.74) is 2.62. The van der Waals surface area contributed by atoms with Gasteiger partial charge in [-0.1, -0.05) is 122 Å². The Hall–Kier alpha value is 1.25. The van der Waals surface area contributed by atoms with Gasteiger partial charge in [-0.25, -0.2) is 0 Å². The molecule has 0 saturated carbocycles. The quantitative estimate of drug-likeness (QED) is 0.518. The van der Waals surface area contributed by atoms with Gasteiger partial charge >= 0.3 is 18.9 Å². The fourth-order valence-electron chi connectivity index (χ4n) is 3.36. The van der Waals surface area contributed by atoms with E-state index in [0.717, 1.165) is 16.6 Å². The van der Waals surface area contributed by atoms with Crippen molar-refractivity contribution < 1.29 is 18.9 Å². The Bertz CT molecular complexity index is 247. The molecular weight excluding hydrogens is 283 g/mol. The second-order valence-corrected chi connectivity index (χ2v) is 25.8. The zero-order valence-corrected chi connectivity index (χ0v) is 19.7. The van der Waals surface area contributed by atoms with Crippen LogP contribution in [0.4, 0.5) is 0 Å². The summed E-state index contributed by atoms with van der Waals surface area (Å²) in [5.74, 6) is 0. The van der Waals surface area contributed by atoms with E-state index in [2.05, 4.69) is 85.6 Å². The third-order valence-electron chi connectivity index (χ3n) is 6.26. The first-order chi connectivity index (χ1) is 8.20. The monoisotopic (exact) mass is 322 g/mol. The zero-order chi connectivity index (χ0) is 15.8. The molecular formula is C16H39LiSi3. The van der Waals surface area contributed by atoms with Crippen molar-refractivity contribution in [1.82, 2.24) is 0 Å². The fourth-order valence-corrected chi connectivity index (χ4v) is 30.2. The van der Waals surface area contributed by atoms with Gasteiger partial charge in [-0.15, -0.1) is 0 Å². The minimum absolute atomic E-state index is 0. The predicted octanol–water partition coefficient (Wildman–Crippen LogP) is 3.54. The molecule has 0 aliphatic carbocycles. The maximum absolute atomic E-state index is 2.65. The fraction of sp³-hybridized carbons (Fsp3) is 0.938. The summed E-state index contributed by atoms with van der Waals surface area (Å²) in [6.07, 6.45) is 0. The van der Waals surface area contributed by atoms with Crippen molar-refractivity contribution in [3.63, 3.8) is 0 Å². The second-order valence-electron chi connectivity index (χ2n) is 9.00. The Kier molecular flexibility index (Phi) is 9.03. The number of hydrogen-bond donors (Lipinski definition) is 0. The third kappa shape index (κ3) is 4.62. The van der Waals surface area contributed by atoms with Crippen LogP contribution in [-0.2, 0) is 0 Å². The Balaban J connectivity index is 0. The van der Waals surface area contributed by atoms with Gasteiger partial charge in [-0.05, 0) is 0 Å². The van der Waals surface area contributed by atoms with Crippen LogP contribution in [0.5, 0.6) is 0 Å². The van der Waals surface area contributed by atoms with Crippen molar-refractivity contribution in [2.24, 2.45) is 0 Å². The van der Waals surface area contributed by atoms with Crippen LogP contribution in [0, 0.1) is 4.79 Å². The van der Waals surface area contributed by atoms with Crippen molar-refractivity contribution in [1.29, 1.82) is 0 Å². The summed E-state index contributed by atoms with van der Waals surface area (Å²) < 4.78 is 0. The summed E-state index contributed by atoms with van der Waals surface area (Å²) in [4.78, 5) is 2.16. The van der Waals surface area contributed by atoms with E-state index in [1.165, 1.54) is 0 Å². The SMILES string of the molecule is CC(C)[Si](C)(C)[C-]([Si](C)(C)C(C)C)[Si](C)(C)C(C)C.[Li+]. The van der Waals surface area contributed by atoms with E-state index in [4.69, 9.17) is 0 Å². The Labute approximate surface area is 145 Å². The van der Waals surface area contributed by atoms with E-state index < -0.39 is 24.2 Å². The third-order valence-corrected chi connectivity index (χ3v) is 30.4. The van der Waals surface area contributed by atoms with Crippen molar-refractivity contribution in [3.05, 3.63) is 4.79 Å². The molecule has 0 fully saturated rings. The molecule has 0 N–H and O–H groups in total. The summed E-state index contributed by atoms with van der Waals surface area (Å²) in [7, 11) is -3.80. The normalized spacial score (nSPS) is 14.4. The van der Waals surface area contributed by atoms with Gasteiger partial charge in [0.15, 0.2) is 0 Å². The first-order valence-electron chi connectivity index (χ1n) is 8.08. The molecule has 0 aliphatic heterocycles. The van der Waals surface area contributed by atoms with Crippen molar-refractivity contribution in [2.45, 2.75) is 97.4 Å². The van der Waals surface area contributed by atoms with Crippen molar-refractivity contribution >= 4 is 24.2 Å². The molecule has 4 heteroatoms. The first kappa shape index (κ1) is 23.5. The van der Waals surface area contributed by atoms with Crippen molar-refractivity contribution in [2.75, 3.05) is 0 Å². The molecule has 0 atom stereocenters. The van der Waals surface area contributed by atoms with Gasteiger partial charge in [0.2, 0.25) is 0 Å². The maximum atomic E-state index is 2.65. The van der Waals surface area contributed by atoms with E-state index >= 15 is 0 Å². The smallest absolute Gasteiger partial charge is 0.310 e. The second kappa shape index (κ2) is 7.68. The van der Waals surface area contributed by atoms with Crippen LogP contribution in [0.2, 0.25) is 55.9 Å². The molecule has 0 aromatic rings. The molecule has 0 amide bonds. The van der Waals surface area contributed by atoms with E-state index in [9.17, 15) is 0 Å². The molecule has 0 nitrogen and oxygen atoms in total. The van der Waals surface area contributed by atoms with Gasteiger partial charge in [0.25, 0.3) is 0 Å². The molecule has 0 heterocycles. The number of rotatable bonds is 6. The standard InChI is InChI=1S/C16H39Si3.Li/c1-13(2)17(7,8)16(18(9,10)14(3)4)19(11,12)15(5)6;/h13-15H,1-12H3;/q-1;+1. The largest absolute Gasteiger partial charge is 1.00 e. The Morgan fingerprint density at radius 3 is 0.750 bits per heavy atom. The van der Waals surface area contributed by atoms with Crippen LogP contribution in [0.3, 0.4) is 0 Å². The summed E-state index contributed by atoms with van der Waals surface area (Å²) in [5, 5.41) is 0. The molecule has 0 rings (SSSR count). The van der Waals surface area contributed by atoms with E-state index in [-0.39, 0.29) is 18.9 Å². The van der Waals surface area contributed by atoms with Gasteiger partial charge in [-0.2, -0.15) is 0 Å². The Morgan fingerprint density at radius 2 is 0.650 bits per heavy atom. The van der Waals surface area contributed by atoms with Crippen LogP contribution >= 0.6 is 0 Å². The number of hydrogen-bond acceptors (Lipinski definition) is 0. The van der Waals surface area contributed by atoms with E-state index in [1.807, 2.05) is 0 Å². The van der Waals surface area contributed by atoms with Crippen LogP contribution in [0.1, 0.15) is 41.5 Å². The Morgan fingerprint density at radius 1 is 0.500 bits per heavy atom. The van der Waals surface area contributed by atoms with Crippen LogP contribution in [0.25, 0.3) is 0 Å². The molecule has 0 unspecified atom stereocenters. The molecule has 0 radical (unpaired) electrons. The zero-order valence-electron chi connectivity index (χ0n) is 16.7. The van der Waals surface area contributed by atoms with E-state index in [0.29, 0.717) is 0 Å². The summed E-state index contributed by atoms with van der Waals surface area (Å²) >= 11 is 0. The van der Waals surface area contributed by atoms with Crippen LogP contribution < -0.4 is 18.9 Å². The minimum Gasteiger partial charge on any atom is -0.310 e.